The summed E-state index contributed by atoms with van der Waals surface area (Å²) in [5.74, 6) is 0.251. The summed E-state index contributed by atoms with van der Waals surface area (Å²) < 4.78 is 5.14. The average molecular weight is 391 g/mol. The van der Waals surface area contributed by atoms with Crippen LogP contribution in [0.2, 0.25) is 0 Å². The van der Waals surface area contributed by atoms with Crippen LogP contribution in [0.3, 0.4) is 0 Å². The predicted molar refractivity (Wildman–Crippen MR) is 105 cm³/mol. The number of nitrogens with zero attached hydrogens (tertiary/aromatic N) is 2. The topological polar surface area (TPSA) is 87.5 Å². The average Bonchev–Trinajstić information content (AvgIpc) is 3.24. The summed E-state index contributed by atoms with van der Waals surface area (Å²) in [7, 11) is 0. The Morgan fingerprint density at radius 3 is 2.81 bits per heavy atom. The lowest BCUT2D eigenvalue weighted by molar-refractivity contribution is -0.121. The number of amides is 2. The standard InChI is InChI=1S/C19H26N4O3S/c1-13(11-23-7-4-3-5-8-23)20-17(24)10-15-12-27-19(21-15)22-18(25)16-6-9-26-14(16)2/h6,9,12-13H,3-5,7-8,10-11H2,1-2H3,(H,20,24)(H,21,22,25). The number of nitrogens with one attached hydrogen (secondary N) is 2. The van der Waals surface area contributed by atoms with E-state index in [1.165, 1.54) is 36.9 Å². The summed E-state index contributed by atoms with van der Waals surface area (Å²) in [6.45, 7) is 6.88. The number of hydrogen-bond acceptors (Lipinski definition) is 6. The fourth-order valence-corrected chi connectivity index (χ4v) is 4.00. The van der Waals surface area contributed by atoms with Crippen molar-refractivity contribution in [3.8, 4) is 0 Å². The van der Waals surface area contributed by atoms with E-state index >= 15 is 0 Å². The van der Waals surface area contributed by atoms with Crippen molar-refractivity contribution in [2.24, 2.45) is 0 Å². The number of aryl methyl sites for hydroxylation is 1. The monoisotopic (exact) mass is 390 g/mol. The van der Waals surface area contributed by atoms with Crippen molar-refractivity contribution >= 4 is 28.3 Å². The van der Waals surface area contributed by atoms with Gasteiger partial charge in [0.05, 0.1) is 23.9 Å². The van der Waals surface area contributed by atoms with Gasteiger partial charge in [-0.25, -0.2) is 4.98 Å². The van der Waals surface area contributed by atoms with Crippen LogP contribution in [0.15, 0.2) is 22.1 Å². The van der Waals surface area contributed by atoms with E-state index in [0.717, 1.165) is 19.6 Å². The van der Waals surface area contributed by atoms with Crippen LogP contribution < -0.4 is 10.6 Å². The van der Waals surface area contributed by atoms with Crippen molar-refractivity contribution in [3.05, 3.63) is 34.7 Å². The molecule has 2 aromatic rings. The van der Waals surface area contributed by atoms with Gasteiger partial charge in [-0.2, -0.15) is 0 Å². The molecule has 0 spiro atoms. The lowest BCUT2D eigenvalue weighted by Gasteiger charge is -2.29. The molecule has 0 radical (unpaired) electrons. The molecule has 146 valence electrons. The highest BCUT2D eigenvalue weighted by atomic mass is 32.1. The Morgan fingerprint density at radius 1 is 1.33 bits per heavy atom. The first-order valence-electron chi connectivity index (χ1n) is 9.33. The number of hydrogen-bond donors (Lipinski definition) is 2. The third kappa shape index (κ3) is 5.64. The summed E-state index contributed by atoms with van der Waals surface area (Å²) in [5, 5.41) is 8.06. The Morgan fingerprint density at radius 2 is 2.11 bits per heavy atom. The van der Waals surface area contributed by atoms with Crippen molar-refractivity contribution in [2.75, 3.05) is 25.0 Å². The van der Waals surface area contributed by atoms with Gasteiger partial charge >= 0.3 is 0 Å². The first-order chi connectivity index (χ1) is 13.0. The lowest BCUT2D eigenvalue weighted by Crippen LogP contribution is -2.44. The smallest absolute Gasteiger partial charge is 0.260 e. The number of anilines is 1. The number of carbonyl (C=O) groups is 2. The molecule has 1 aliphatic heterocycles. The minimum Gasteiger partial charge on any atom is -0.469 e. The molecule has 0 aromatic carbocycles. The minimum absolute atomic E-state index is 0.0478. The second-order valence-corrected chi connectivity index (χ2v) is 7.85. The van der Waals surface area contributed by atoms with E-state index in [-0.39, 0.29) is 24.3 Å². The van der Waals surface area contributed by atoms with Crippen LogP contribution in [-0.2, 0) is 11.2 Å². The van der Waals surface area contributed by atoms with Crippen molar-refractivity contribution in [1.29, 1.82) is 0 Å². The minimum atomic E-state index is -0.262. The molecule has 8 heteroatoms. The molecule has 1 saturated heterocycles. The Balaban J connectivity index is 1.46. The van der Waals surface area contributed by atoms with E-state index in [4.69, 9.17) is 4.42 Å². The fourth-order valence-electron chi connectivity index (χ4n) is 3.30. The van der Waals surface area contributed by atoms with E-state index in [1.807, 2.05) is 6.92 Å². The number of carbonyl (C=O) groups excluding carboxylic acids is 2. The van der Waals surface area contributed by atoms with Gasteiger partial charge in [-0.3, -0.25) is 14.9 Å². The molecule has 7 nitrogen and oxygen atoms in total. The number of aromatic nitrogens is 1. The summed E-state index contributed by atoms with van der Waals surface area (Å²) in [4.78, 5) is 31.2. The highest BCUT2D eigenvalue weighted by molar-refractivity contribution is 7.14. The highest BCUT2D eigenvalue weighted by Gasteiger charge is 2.17. The van der Waals surface area contributed by atoms with Crippen molar-refractivity contribution in [2.45, 2.75) is 45.6 Å². The molecule has 3 rings (SSSR count). The number of thiazole rings is 1. The summed E-state index contributed by atoms with van der Waals surface area (Å²) in [6.07, 6.45) is 5.48. The van der Waals surface area contributed by atoms with Crippen LogP contribution in [0.1, 0.15) is 48.0 Å². The Hall–Kier alpha value is -2.19. The maximum absolute atomic E-state index is 12.3. The van der Waals surface area contributed by atoms with Gasteiger partial charge in [0.1, 0.15) is 5.76 Å². The zero-order chi connectivity index (χ0) is 19.2. The number of rotatable bonds is 7. The summed E-state index contributed by atoms with van der Waals surface area (Å²) >= 11 is 1.31. The third-order valence-corrected chi connectivity index (χ3v) is 5.41. The van der Waals surface area contributed by atoms with Gasteiger partial charge in [0.15, 0.2) is 5.13 Å². The van der Waals surface area contributed by atoms with Gasteiger partial charge < -0.3 is 14.6 Å². The maximum atomic E-state index is 12.3. The molecule has 0 bridgehead atoms. The normalized spacial score (nSPS) is 16.1. The Labute approximate surface area is 163 Å². The van der Waals surface area contributed by atoms with Crippen LogP contribution in [-0.4, -0.2) is 47.4 Å². The SMILES string of the molecule is Cc1occc1C(=O)Nc1nc(CC(=O)NC(C)CN2CCCCC2)cs1. The molecule has 3 heterocycles. The molecule has 27 heavy (non-hydrogen) atoms. The quantitative estimate of drug-likeness (QED) is 0.759. The van der Waals surface area contributed by atoms with Gasteiger partial charge in [-0.15, -0.1) is 11.3 Å². The molecule has 1 aliphatic rings. The van der Waals surface area contributed by atoms with Crippen LogP contribution in [0, 0.1) is 6.92 Å². The van der Waals surface area contributed by atoms with E-state index in [1.54, 1.807) is 18.4 Å². The van der Waals surface area contributed by atoms with Crippen LogP contribution in [0.4, 0.5) is 5.13 Å². The zero-order valence-corrected chi connectivity index (χ0v) is 16.6. The molecular formula is C19H26N4O3S. The molecule has 2 amide bonds. The maximum Gasteiger partial charge on any atom is 0.260 e. The van der Waals surface area contributed by atoms with Crippen LogP contribution in [0.25, 0.3) is 0 Å². The molecule has 0 saturated carbocycles. The van der Waals surface area contributed by atoms with E-state index in [2.05, 4.69) is 20.5 Å². The number of likely N-dealkylation sites (tertiary alicyclic amines) is 1. The van der Waals surface area contributed by atoms with Crippen molar-refractivity contribution in [3.63, 3.8) is 0 Å². The van der Waals surface area contributed by atoms with Crippen LogP contribution >= 0.6 is 11.3 Å². The largest absolute Gasteiger partial charge is 0.469 e. The van der Waals surface area contributed by atoms with Crippen molar-refractivity contribution in [1.82, 2.24) is 15.2 Å². The van der Waals surface area contributed by atoms with Gasteiger partial charge in [0, 0.05) is 18.0 Å². The Kier molecular flexibility index (Phi) is 6.63. The predicted octanol–water partition coefficient (Wildman–Crippen LogP) is 2.83. The molecule has 1 atom stereocenters. The molecule has 2 aromatic heterocycles. The molecule has 2 N–H and O–H groups in total. The summed E-state index contributed by atoms with van der Waals surface area (Å²) in [5.41, 5.74) is 1.14. The molecule has 0 aliphatic carbocycles. The zero-order valence-electron chi connectivity index (χ0n) is 15.8. The number of piperidine rings is 1. The van der Waals surface area contributed by atoms with E-state index in [0.29, 0.717) is 22.1 Å². The van der Waals surface area contributed by atoms with Crippen molar-refractivity contribution < 1.29 is 14.0 Å². The second-order valence-electron chi connectivity index (χ2n) is 7.00. The second kappa shape index (κ2) is 9.14. The fraction of sp³-hybridized carbons (Fsp3) is 0.526. The molecule has 1 unspecified atom stereocenters. The Bertz CT molecular complexity index is 780. The summed E-state index contributed by atoms with van der Waals surface area (Å²) in [6, 6.07) is 1.73. The van der Waals surface area contributed by atoms with Gasteiger partial charge in [-0.1, -0.05) is 6.42 Å². The van der Waals surface area contributed by atoms with E-state index in [9.17, 15) is 9.59 Å². The first-order valence-corrected chi connectivity index (χ1v) is 10.2. The van der Waals surface area contributed by atoms with Crippen LogP contribution in [0.5, 0.6) is 0 Å². The van der Waals surface area contributed by atoms with Gasteiger partial charge in [0.2, 0.25) is 5.91 Å². The third-order valence-electron chi connectivity index (χ3n) is 4.61. The highest BCUT2D eigenvalue weighted by Crippen LogP contribution is 2.18. The molecule has 1 fully saturated rings. The van der Waals surface area contributed by atoms with E-state index < -0.39 is 0 Å². The van der Waals surface area contributed by atoms with Gasteiger partial charge in [-0.05, 0) is 45.8 Å². The first kappa shape index (κ1) is 19.6. The molecular weight excluding hydrogens is 364 g/mol. The van der Waals surface area contributed by atoms with Gasteiger partial charge in [0.25, 0.3) is 5.91 Å². The lowest BCUT2D eigenvalue weighted by atomic mass is 10.1. The number of furan rings is 1.